The summed E-state index contributed by atoms with van der Waals surface area (Å²) in [4.78, 5) is 8.64. The number of fused-ring (bicyclic) bond motifs is 3. The fourth-order valence-corrected chi connectivity index (χ4v) is 4.08. The molecule has 1 fully saturated rings. The average Bonchev–Trinajstić information content (AvgIpc) is 2.93. The van der Waals surface area contributed by atoms with Crippen molar-refractivity contribution in [3.8, 4) is 0 Å². The number of nitrogens with zero attached hydrogens (tertiary/aromatic N) is 2. The highest BCUT2D eigenvalue weighted by Crippen LogP contribution is 2.33. The van der Waals surface area contributed by atoms with Gasteiger partial charge in [-0.15, -0.1) is 0 Å². The van der Waals surface area contributed by atoms with E-state index in [4.69, 9.17) is 11.6 Å². The number of halogens is 1. The van der Waals surface area contributed by atoms with E-state index >= 15 is 0 Å². The molecule has 0 spiro atoms. The van der Waals surface area contributed by atoms with Crippen LogP contribution in [0, 0.1) is 0 Å². The van der Waals surface area contributed by atoms with Gasteiger partial charge in [0.25, 0.3) is 0 Å². The minimum Gasteiger partial charge on any atom is -0.357 e. The number of rotatable bonds is 3. The van der Waals surface area contributed by atoms with Gasteiger partial charge in [0, 0.05) is 60.4 Å². The van der Waals surface area contributed by atoms with Crippen LogP contribution in [0.15, 0.2) is 18.2 Å². The van der Waals surface area contributed by atoms with E-state index in [1.54, 1.807) is 0 Å². The normalized spacial score (nSPS) is 23.3. The predicted molar refractivity (Wildman–Crippen MR) is 96.3 cm³/mol. The van der Waals surface area contributed by atoms with Crippen molar-refractivity contribution in [3.05, 3.63) is 34.5 Å². The molecule has 0 bridgehead atoms. The van der Waals surface area contributed by atoms with Crippen molar-refractivity contribution in [2.45, 2.75) is 18.9 Å². The second-order valence-corrected chi connectivity index (χ2v) is 7.33. The minimum atomic E-state index is 0.435. The fraction of sp³-hybridized carbons (Fsp3) is 0.556. The van der Waals surface area contributed by atoms with Crippen molar-refractivity contribution in [3.63, 3.8) is 0 Å². The van der Waals surface area contributed by atoms with Crippen molar-refractivity contribution in [1.82, 2.24) is 20.1 Å². The molecule has 3 heterocycles. The van der Waals surface area contributed by atoms with Crippen LogP contribution in [0.4, 0.5) is 0 Å². The Morgan fingerprint density at radius 1 is 1.22 bits per heavy atom. The highest BCUT2D eigenvalue weighted by molar-refractivity contribution is 6.31. The molecule has 2 aliphatic rings. The van der Waals surface area contributed by atoms with Crippen molar-refractivity contribution in [1.29, 1.82) is 0 Å². The van der Waals surface area contributed by atoms with E-state index in [2.05, 4.69) is 39.3 Å². The topological polar surface area (TPSA) is 34.3 Å². The highest BCUT2D eigenvalue weighted by atomic mass is 35.5. The zero-order valence-electron chi connectivity index (χ0n) is 13.7. The van der Waals surface area contributed by atoms with E-state index in [0.29, 0.717) is 6.04 Å². The first-order valence-electron chi connectivity index (χ1n) is 8.65. The first kappa shape index (κ1) is 15.5. The number of benzene rings is 1. The summed E-state index contributed by atoms with van der Waals surface area (Å²) >= 11 is 6.19. The van der Waals surface area contributed by atoms with Crippen molar-refractivity contribution in [2.75, 3.05) is 46.3 Å². The summed E-state index contributed by atoms with van der Waals surface area (Å²) in [7, 11) is 2.21. The van der Waals surface area contributed by atoms with E-state index in [1.807, 2.05) is 6.07 Å². The van der Waals surface area contributed by atoms with Gasteiger partial charge in [0.1, 0.15) is 0 Å². The second-order valence-electron chi connectivity index (χ2n) is 6.90. The van der Waals surface area contributed by atoms with E-state index in [9.17, 15) is 0 Å². The third kappa shape index (κ3) is 3.13. The number of hydrogen-bond donors (Lipinski definition) is 2. The molecule has 1 atom stereocenters. The number of piperazine rings is 1. The lowest BCUT2D eigenvalue weighted by atomic mass is 9.97. The first-order chi connectivity index (χ1) is 11.2. The van der Waals surface area contributed by atoms with Gasteiger partial charge in [0.2, 0.25) is 0 Å². The van der Waals surface area contributed by atoms with Gasteiger partial charge in [-0.25, -0.2) is 0 Å². The lowest BCUT2D eigenvalue weighted by Crippen LogP contribution is -2.45. The van der Waals surface area contributed by atoms with Crippen LogP contribution in [-0.2, 0) is 6.42 Å². The quantitative estimate of drug-likeness (QED) is 0.906. The molecule has 0 amide bonds. The molecule has 0 aliphatic carbocycles. The smallest absolute Gasteiger partial charge is 0.0488 e. The standard InChI is InChI=1S/C18H25ClN4/c1-22-8-10-23(11-9-22)7-5-17-18-14(4-6-20-17)15-12-13(19)2-3-16(15)21-18/h2-3,12,17,20-21H,4-11H2,1H3/t17-/m1/s1. The molecule has 1 saturated heterocycles. The number of likely N-dealkylation sites (N-methyl/N-ethyl adjacent to an activating group) is 1. The van der Waals surface area contributed by atoms with Crippen molar-refractivity contribution >= 4 is 22.5 Å². The van der Waals surface area contributed by atoms with Gasteiger partial charge < -0.3 is 20.1 Å². The Balaban J connectivity index is 1.50. The fourth-order valence-electron chi connectivity index (χ4n) is 3.91. The zero-order valence-corrected chi connectivity index (χ0v) is 14.5. The van der Waals surface area contributed by atoms with Crippen LogP contribution in [0.3, 0.4) is 0 Å². The molecule has 1 aromatic carbocycles. The van der Waals surface area contributed by atoms with Gasteiger partial charge in [-0.1, -0.05) is 11.6 Å². The molecule has 5 heteroatoms. The van der Waals surface area contributed by atoms with Crippen LogP contribution in [0.5, 0.6) is 0 Å². The maximum Gasteiger partial charge on any atom is 0.0488 e. The number of aromatic nitrogens is 1. The molecule has 124 valence electrons. The molecule has 0 saturated carbocycles. The molecule has 0 unspecified atom stereocenters. The summed E-state index contributed by atoms with van der Waals surface area (Å²) in [6.45, 7) is 6.99. The third-order valence-electron chi connectivity index (χ3n) is 5.35. The third-order valence-corrected chi connectivity index (χ3v) is 5.58. The van der Waals surface area contributed by atoms with E-state index < -0.39 is 0 Å². The van der Waals surface area contributed by atoms with Crippen molar-refractivity contribution in [2.24, 2.45) is 0 Å². The second kappa shape index (κ2) is 6.44. The molecule has 2 N–H and O–H groups in total. The Morgan fingerprint density at radius 2 is 2.04 bits per heavy atom. The van der Waals surface area contributed by atoms with Gasteiger partial charge in [0.05, 0.1) is 0 Å². The molecular weight excluding hydrogens is 308 g/mol. The van der Waals surface area contributed by atoms with Crippen LogP contribution >= 0.6 is 11.6 Å². The molecule has 23 heavy (non-hydrogen) atoms. The molecule has 2 aromatic rings. The van der Waals surface area contributed by atoms with Gasteiger partial charge in [0.15, 0.2) is 0 Å². The maximum absolute atomic E-state index is 6.19. The van der Waals surface area contributed by atoms with E-state index in [0.717, 1.165) is 24.4 Å². The summed E-state index contributed by atoms with van der Waals surface area (Å²) in [5, 5.41) is 5.83. The van der Waals surface area contributed by atoms with Gasteiger partial charge >= 0.3 is 0 Å². The Morgan fingerprint density at radius 3 is 2.87 bits per heavy atom. The highest BCUT2D eigenvalue weighted by Gasteiger charge is 2.25. The Kier molecular flexibility index (Phi) is 4.33. The number of H-pyrrole nitrogens is 1. The van der Waals surface area contributed by atoms with Crippen LogP contribution in [0.2, 0.25) is 5.02 Å². The molecule has 4 nitrogen and oxygen atoms in total. The summed E-state index contributed by atoms with van der Waals surface area (Å²) in [5.41, 5.74) is 4.06. The van der Waals surface area contributed by atoms with Crippen molar-refractivity contribution < 1.29 is 0 Å². The molecule has 4 rings (SSSR count). The lowest BCUT2D eigenvalue weighted by molar-refractivity contribution is 0.148. The minimum absolute atomic E-state index is 0.435. The van der Waals surface area contributed by atoms with Crippen LogP contribution in [0.25, 0.3) is 10.9 Å². The Hall–Kier alpha value is -1.07. The summed E-state index contributed by atoms with van der Waals surface area (Å²) in [5.74, 6) is 0. The van der Waals surface area contributed by atoms with Gasteiger partial charge in [-0.2, -0.15) is 0 Å². The SMILES string of the molecule is CN1CCN(CC[C@H]2NCCc3c2[nH]c2ccc(Cl)cc32)CC1. The molecule has 1 aromatic heterocycles. The molecule has 2 aliphatic heterocycles. The Bertz CT molecular complexity index is 688. The predicted octanol–water partition coefficient (Wildman–Crippen LogP) is 2.65. The van der Waals surface area contributed by atoms with E-state index in [1.165, 1.54) is 54.9 Å². The molecule has 0 radical (unpaired) electrons. The Labute approximate surface area is 142 Å². The van der Waals surface area contributed by atoms with Crippen LogP contribution in [-0.4, -0.2) is 61.1 Å². The summed E-state index contributed by atoms with van der Waals surface area (Å²) < 4.78 is 0. The van der Waals surface area contributed by atoms with Crippen LogP contribution < -0.4 is 5.32 Å². The number of nitrogens with one attached hydrogen (secondary N) is 2. The lowest BCUT2D eigenvalue weighted by Gasteiger charge is -2.34. The number of aromatic amines is 1. The first-order valence-corrected chi connectivity index (χ1v) is 9.03. The monoisotopic (exact) mass is 332 g/mol. The molecular formula is C18H25ClN4. The number of hydrogen-bond acceptors (Lipinski definition) is 3. The van der Waals surface area contributed by atoms with Crippen LogP contribution in [0.1, 0.15) is 23.7 Å². The summed E-state index contributed by atoms with van der Waals surface area (Å²) in [6.07, 6.45) is 2.25. The van der Waals surface area contributed by atoms with Gasteiger partial charge in [-0.3, -0.25) is 0 Å². The zero-order chi connectivity index (χ0) is 15.8. The van der Waals surface area contributed by atoms with E-state index in [-0.39, 0.29) is 0 Å². The largest absolute Gasteiger partial charge is 0.357 e. The van der Waals surface area contributed by atoms with Gasteiger partial charge in [-0.05, 0) is 50.2 Å². The maximum atomic E-state index is 6.19. The summed E-state index contributed by atoms with van der Waals surface area (Å²) in [6, 6.07) is 6.62. The average molecular weight is 333 g/mol.